The predicted molar refractivity (Wildman–Crippen MR) is 210 cm³/mol. The van der Waals surface area contributed by atoms with Gasteiger partial charge in [-0.25, -0.2) is 0 Å². The van der Waals surface area contributed by atoms with Crippen molar-refractivity contribution >= 4 is 61.9 Å². The number of rotatable bonds is 6. The van der Waals surface area contributed by atoms with E-state index < -0.39 is 0 Å². The molecule has 0 fully saturated rings. The fourth-order valence-electron chi connectivity index (χ4n) is 7.38. The molecule has 0 aliphatic carbocycles. The first-order valence-electron chi connectivity index (χ1n) is 17.2. The van der Waals surface area contributed by atoms with Crippen LogP contribution in [0.2, 0.25) is 0 Å². The lowest BCUT2D eigenvalue weighted by atomic mass is 9.99. The van der Waals surface area contributed by atoms with E-state index in [2.05, 4.69) is 167 Å². The SMILES string of the molecule is C1=Cc2oc3c(-c4ccc(N(c5ccc(-c6cccc7c6oc6cccnc67)cc5)c5ccccc5-c5ccccc5)cc4)cccc3c2NC1. The summed E-state index contributed by atoms with van der Waals surface area (Å²) >= 11 is 0. The second kappa shape index (κ2) is 11.9. The highest BCUT2D eigenvalue weighted by Gasteiger charge is 2.20. The molecule has 3 aromatic heterocycles. The molecule has 0 saturated carbocycles. The van der Waals surface area contributed by atoms with Crippen LogP contribution in [-0.4, -0.2) is 11.5 Å². The van der Waals surface area contributed by atoms with E-state index in [1.54, 1.807) is 0 Å². The number of nitrogens with one attached hydrogen (secondary N) is 1. The molecule has 0 radical (unpaired) electrons. The van der Waals surface area contributed by atoms with E-state index in [-0.39, 0.29) is 0 Å². The van der Waals surface area contributed by atoms with E-state index in [1.165, 1.54) is 0 Å². The maximum Gasteiger partial charge on any atom is 0.153 e. The molecule has 9 aromatic rings. The average Bonchev–Trinajstić information content (AvgIpc) is 3.78. The van der Waals surface area contributed by atoms with Crippen LogP contribution in [0.15, 0.2) is 173 Å². The van der Waals surface area contributed by atoms with Gasteiger partial charge in [0.25, 0.3) is 0 Å². The Hall–Kier alpha value is -6.85. The predicted octanol–water partition coefficient (Wildman–Crippen LogP) is 12.6. The highest BCUT2D eigenvalue weighted by atomic mass is 16.3. The summed E-state index contributed by atoms with van der Waals surface area (Å²) in [6.45, 7) is 0.800. The van der Waals surface area contributed by atoms with Crippen molar-refractivity contribution in [3.05, 3.63) is 170 Å². The highest BCUT2D eigenvalue weighted by molar-refractivity contribution is 6.08. The number of para-hydroxylation sites is 3. The summed E-state index contributed by atoms with van der Waals surface area (Å²) in [6, 6.07) is 53.2. The minimum absolute atomic E-state index is 0.792. The Balaban J connectivity index is 1.09. The minimum Gasteiger partial charge on any atom is -0.454 e. The third-order valence-electron chi connectivity index (χ3n) is 9.76. The fourth-order valence-corrected chi connectivity index (χ4v) is 7.38. The highest BCUT2D eigenvalue weighted by Crippen LogP contribution is 2.44. The summed E-state index contributed by atoms with van der Waals surface area (Å²) in [5, 5.41) is 5.60. The maximum absolute atomic E-state index is 6.38. The van der Waals surface area contributed by atoms with Crippen LogP contribution in [0.25, 0.3) is 72.5 Å². The number of benzene rings is 6. The molecule has 5 nitrogen and oxygen atoms in total. The van der Waals surface area contributed by atoms with Crippen LogP contribution >= 0.6 is 0 Å². The molecule has 0 atom stereocenters. The van der Waals surface area contributed by atoms with E-state index in [1.807, 2.05) is 18.3 Å². The van der Waals surface area contributed by atoms with Crippen molar-refractivity contribution in [2.24, 2.45) is 0 Å². The Morgan fingerprint density at radius 2 is 1.16 bits per heavy atom. The van der Waals surface area contributed by atoms with Gasteiger partial charge in [0.2, 0.25) is 0 Å². The summed E-state index contributed by atoms with van der Waals surface area (Å²) in [5.41, 5.74) is 14.3. The van der Waals surface area contributed by atoms with Gasteiger partial charge < -0.3 is 19.1 Å². The van der Waals surface area contributed by atoms with Gasteiger partial charge >= 0.3 is 0 Å². The Morgan fingerprint density at radius 3 is 1.90 bits per heavy atom. The first-order valence-corrected chi connectivity index (χ1v) is 17.2. The molecular formula is C46H31N3O2. The molecule has 1 aliphatic heterocycles. The zero-order chi connectivity index (χ0) is 33.7. The van der Waals surface area contributed by atoms with Gasteiger partial charge in [0.1, 0.15) is 16.7 Å². The molecule has 5 heteroatoms. The molecule has 51 heavy (non-hydrogen) atoms. The summed E-state index contributed by atoms with van der Waals surface area (Å²) in [7, 11) is 0. The summed E-state index contributed by atoms with van der Waals surface area (Å²) in [5.74, 6) is 0.876. The lowest BCUT2D eigenvalue weighted by molar-refractivity contribution is 0.605. The standard InChI is InChI=1S/C46H31N3O2/c1-2-10-30(11-3-1)35-12-4-5-17-40(35)49(33-24-20-31(21-25-33)36-13-6-15-38-43-41(50-45(36)38)18-8-28-47-43)34-26-22-32(23-27-34)37-14-7-16-39-44-42(51-46(37)39)19-9-29-48-44/h1-28,48H,29H2. The van der Waals surface area contributed by atoms with Gasteiger partial charge in [-0.3, -0.25) is 4.98 Å². The Kier molecular flexibility index (Phi) is 6.81. The summed E-state index contributed by atoms with van der Waals surface area (Å²) in [6.07, 6.45) is 5.96. The van der Waals surface area contributed by atoms with Gasteiger partial charge in [-0.1, -0.05) is 103 Å². The molecule has 4 heterocycles. The van der Waals surface area contributed by atoms with Gasteiger partial charge in [-0.15, -0.1) is 0 Å². The van der Waals surface area contributed by atoms with Crippen molar-refractivity contribution in [2.75, 3.05) is 16.8 Å². The molecule has 0 amide bonds. The number of furan rings is 2. The van der Waals surface area contributed by atoms with Crippen molar-refractivity contribution in [2.45, 2.75) is 0 Å². The van der Waals surface area contributed by atoms with Crippen LogP contribution in [0, 0.1) is 0 Å². The largest absolute Gasteiger partial charge is 0.454 e. The van der Waals surface area contributed by atoms with Gasteiger partial charge in [-0.2, -0.15) is 0 Å². The summed E-state index contributed by atoms with van der Waals surface area (Å²) < 4.78 is 12.7. The topological polar surface area (TPSA) is 54.4 Å². The lowest BCUT2D eigenvalue weighted by Gasteiger charge is -2.28. The third kappa shape index (κ3) is 4.90. The van der Waals surface area contributed by atoms with Gasteiger partial charge in [0, 0.05) is 51.6 Å². The molecule has 10 rings (SSSR count). The van der Waals surface area contributed by atoms with Crippen LogP contribution in [0.5, 0.6) is 0 Å². The molecule has 0 bridgehead atoms. The smallest absolute Gasteiger partial charge is 0.153 e. The number of fused-ring (bicyclic) bond motifs is 6. The maximum atomic E-state index is 6.38. The lowest BCUT2D eigenvalue weighted by Crippen LogP contribution is -2.11. The van der Waals surface area contributed by atoms with Gasteiger partial charge in [-0.05, 0) is 77.4 Å². The monoisotopic (exact) mass is 657 g/mol. The molecule has 0 saturated heterocycles. The Labute approximate surface area is 294 Å². The van der Waals surface area contributed by atoms with E-state index >= 15 is 0 Å². The van der Waals surface area contributed by atoms with Gasteiger partial charge in [0.05, 0.1) is 11.4 Å². The number of pyridine rings is 1. The Morgan fingerprint density at radius 1 is 0.529 bits per heavy atom. The minimum atomic E-state index is 0.792. The number of anilines is 4. The zero-order valence-corrected chi connectivity index (χ0v) is 27.6. The van der Waals surface area contributed by atoms with E-state index in [0.717, 1.165) is 101 Å². The van der Waals surface area contributed by atoms with Crippen LogP contribution in [-0.2, 0) is 0 Å². The molecule has 6 aromatic carbocycles. The van der Waals surface area contributed by atoms with E-state index in [4.69, 9.17) is 8.83 Å². The molecule has 242 valence electrons. The van der Waals surface area contributed by atoms with Crippen LogP contribution < -0.4 is 10.2 Å². The molecule has 0 unspecified atom stereocenters. The van der Waals surface area contributed by atoms with Crippen LogP contribution in [0.3, 0.4) is 0 Å². The molecule has 1 aliphatic rings. The molecule has 0 spiro atoms. The number of hydrogen-bond donors (Lipinski definition) is 1. The van der Waals surface area contributed by atoms with Crippen molar-refractivity contribution in [1.29, 1.82) is 0 Å². The first-order chi connectivity index (χ1) is 25.3. The number of nitrogens with zero attached hydrogens (tertiary/aromatic N) is 2. The second-order valence-corrected chi connectivity index (χ2v) is 12.8. The molecular weight excluding hydrogens is 627 g/mol. The fraction of sp³-hybridized carbons (Fsp3) is 0.0217. The molecule has 1 N–H and O–H groups in total. The first kappa shape index (κ1) is 29.1. The Bertz CT molecular complexity index is 2740. The number of aromatic nitrogens is 1. The van der Waals surface area contributed by atoms with Crippen LogP contribution in [0.4, 0.5) is 22.7 Å². The van der Waals surface area contributed by atoms with Crippen molar-refractivity contribution in [1.82, 2.24) is 4.98 Å². The van der Waals surface area contributed by atoms with Crippen LogP contribution in [0.1, 0.15) is 5.76 Å². The van der Waals surface area contributed by atoms with E-state index in [0.29, 0.717) is 0 Å². The van der Waals surface area contributed by atoms with Gasteiger partial charge in [0.15, 0.2) is 11.3 Å². The number of hydrogen-bond acceptors (Lipinski definition) is 5. The normalized spacial score (nSPS) is 12.3. The second-order valence-electron chi connectivity index (χ2n) is 12.8. The van der Waals surface area contributed by atoms with E-state index in [9.17, 15) is 0 Å². The van der Waals surface area contributed by atoms with Crippen molar-refractivity contribution in [3.8, 4) is 33.4 Å². The quantitative estimate of drug-likeness (QED) is 0.193. The summed E-state index contributed by atoms with van der Waals surface area (Å²) in [4.78, 5) is 6.92. The zero-order valence-electron chi connectivity index (χ0n) is 27.6. The average molecular weight is 658 g/mol. The van der Waals surface area contributed by atoms with Crippen molar-refractivity contribution < 1.29 is 8.83 Å². The third-order valence-corrected chi connectivity index (χ3v) is 9.76. The van der Waals surface area contributed by atoms with Crippen molar-refractivity contribution in [3.63, 3.8) is 0 Å².